The molecule has 1 aliphatic carbocycles. The number of allylic oxidation sites excluding steroid dienone is 4. The Kier molecular flexibility index (Phi) is 3.93. The van der Waals surface area contributed by atoms with Gasteiger partial charge in [0.15, 0.2) is 5.67 Å². The second-order valence-electron chi connectivity index (χ2n) is 5.58. The number of benzene rings is 2. The lowest BCUT2D eigenvalue weighted by Gasteiger charge is -2.30. The predicted octanol–water partition coefficient (Wildman–Crippen LogP) is 5.60. The zero-order valence-corrected chi connectivity index (χ0v) is 12.5. The van der Waals surface area contributed by atoms with Crippen molar-refractivity contribution in [3.63, 3.8) is 0 Å². The molecule has 22 heavy (non-hydrogen) atoms. The van der Waals surface area contributed by atoms with Crippen LogP contribution in [0.2, 0.25) is 0 Å². The van der Waals surface area contributed by atoms with E-state index in [2.05, 4.69) is 6.92 Å². The maximum absolute atomic E-state index is 15.8. The minimum atomic E-state index is -1.69. The number of aryl methyl sites for hydroxylation is 1. The molecule has 0 bridgehead atoms. The summed E-state index contributed by atoms with van der Waals surface area (Å²) in [6.07, 6.45) is 6.57. The Labute approximate surface area is 129 Å². The lowest BCUT2D eigenvalue weighted by Crippen LogP contribution is -2.23. The molecule has 0 saturated carbocycles. The quantitative estimate of drug-likeness (QED) is 0.692. The monoisotopic (exact) mass is 296 g/mol. The van der Waals surface area contributed by atoms with Gasteiger partial charge in [0.25, 0.3) is 0 Å². The summed E-state index contributed by atoms with van der Waals surface area (Å²) < 4.78 is 29.3. The molecular formula is C20H18F2. The molecule has 2 aromatic carbocycles. The van der Waals surface area contributed by atoms with Gasteiger partial charge < -0.3 is 0 Å². The molecule has 0 aliphatic heterocycles. The highest BCUT2D eigenvalue weighted by Gasteiger charge is 2.37. The van der Waals surface area contributed by atoms with E-state index in [9.17, 15) is 4.39 Å². The molecule has 0 fully saturated rings. The van der Waals surface area contributed by atoms with Crippen molar-refractivity contribution in [2.24, 2.45) is 0 Å². The largest absolute Gasteiger partial charge is 0.233 e. The molecule has 0 amide bonds. The van der Waals surface area contributed by atoms with Crippen LogP contribution in [0, 0.1) is 5.82 Å². The molecule has 112 valence electrons. The first-order valence-corrected chi connectivity index (χ1v) is 7.55. The van der Waals surface area contributed by atoms with Gasteiger partial charge >= 0.3 is 0 Å². The van der Waals surface area contributed by atoms with Crippen molar-refractivity contribution in [1.82, 2.24) is 0 Å². The third-order valence-corrected chi connectivity index (χ3v) is 4.15. The molecule has 1 atom stereocenters. The Bertz CT molecular complexity index is 743. The molecule has 0 heterocycles. The van der Waals surface area contributed by atoms with Crippen LogP contribution in [0.25, 0.3) is 5.57 Å². The first-order valence-electron chi connectivity index (χ1n) is 7.55. The fourth-order valence-electron chi connectivity index (χ4n) is 2.93. The van der Waals surface area contributed by atoms with Gasteiger partial charge in [0.05, 0.1) is 0 Å². The van der Waals surface area contributed by atoms with Crippen LogP contribution in [0.15, 0.2) is 66.8 Å². The number of alkyl halides is 1. The summed E-state index contributed by atoms with van der Waals surface area (Å²) >= 11 is 0. The van der Waals surface area contributed by atoms with Crippen LogP contribution in [-0.4, -0.2) is 0 Å². The molecule has 0 saturated heterocycles. The normalized spacial score (nSPS) is 20.8. The summed E-state index contributed by atoms with van der Waals surface area (Å²) in [7, 11) is 0. The van der Waals surface area contributed by atoms with Gasteiger partial charge in [0.2, 0.25) is 0 Å². The summed E-state index contributed by atoms with van der Waals surface area (Å²) in [5, 5.41) is 0. The third kappa shape index (κ3) is 2.61. The minimum Gasteiger partial charge on any atom is -0.233 e. The van der Waals surface area contributed by atoms with E-state index in [1.165, 1.54) is 12.1 Å². The van der Waals surface area contributed by atoms with E-state index >= 15 is 4.39 Å². The van der Waals surface area contributed by atoms with E-state index in [0.717, 1.165) is 17.5 Å². The number of hydrogen-bond donors (Lipinski definition) is 0. The van der Waals surface area contributed by atoms with Gasteiger partial charge in [-0.05, 0) is 35.2 Å². The van der Waals surface area contributed by atoms with Crippen LogP contribution in [-0.2, 0) is 12.1 Å². The Morgan fingerprint density at radius 2 is 1.91 bits per heavy atom. The second kappa shape index (κ2) is 5.88. The number of rotatable bonds is 3. The van der Waals surface area contributed by atoms with Crippen molar-refractivity contribution >= 4 is 5.57 Å². The fraction of sp³-hybridized carbons (Fsp3) is 0.200. The van der Waals surface area contributed by atoms with Crippen molar-refractivity contribution in [3.05, 3.63) is 89.3 Å². The highest BCUT2D eigenvalue weighted by molar-refractivity contribution is 5.76. The zero-order valence-electron chi connectivity index (χ0n) is 12.5. The van der Waals surface area contributed by atoms with Gasteiger partial charge in [0.1, 0.15) is 5.82 Å². The molecular weight excluding hydrogens is 278 g/mol. The number of hydrogen-bond acceptors (Lipinski definition) is 0. The van der Waals surface area contributed by atoms with Crippen molar-refractivity contribution in [3.8, 4) is 0 Å². The van der Waals surface area contributed by atoms with Crippen molar-refractivity contribution in [2.75, 3.05) is 0 Å². The Morgan fingerprint density at radius 3 is 2.68 bits per heavy atom. The molecule has 1 unspecified atom stereocenters. The smallest absolute Gasteiger partial charge is 0.165 e. The third-order valence-electron chi connectivity index (χ3n) is 4.15. The van der Waals surface area contributed by atoms with Gasteiger partial charge in [0, 0.05) is 12.0 Å². The summed E-state index contributed by atoms with van der Waals surface area (Å²) in [4.78, 5) is 0. The lowest BCUT2D eigenvalue weighted by molar-refractivity contribution is 0.249. The van der Waals surface area contributed by atoms with Gasteiger partial charge in [-0.2, -0.15) is 0 Å². The predicted molar refractivity (Wildman–Crippen MR) is 86.7 cm³/mol. The van der Waals surface area contributed by atoms with Gasteiger partial charge in [-0.25, -0.2) is 8.78 Å². The van der Waals surface area contributed by atoms with Gasteiger partial charge in [-0.15, -0.1) is 0 Å². The van der Waals surface area contributed by atoms with Crippen LogP contribution in [0.1, 0.15) is 30.0 Å². The topological polar surface area (TPSA) is 0 Å². The minimum absolute atomic E-state index is 0.221. The summed E-state index contributed by atoms with van der Waals surface area (Å²) in [6, 6.07) is 13.7. The van der Waals surface area contributed by atoms with Crippen LogP contribution < -0.4 is 0 Å². The molecule has 0 spiro atoms. The first-order chi connectivity index (χ1) is 10.6. The van der Waals surface area contributed by atoms with E-state index in [4.69, 9.17) is 0 Å². The Hall–Kier alpha value is -2.22. The molecule has 2 aromatic rings. The maximum Gasteiger partial charge on any atom is 0.165 e. The Morgan fingerprint density at radius 1 is 1.09 bits per heavy atom. The molecule has 1 aliphatic rings. The fourth-order valence-corrected chi connectivity index (χ4v) is 2.93. The zero-order chi connectivity index (χ0) is 15.6. The molecule has 0 nitrogen and oxygen atoms in total. The first kappa shape index (κ1) is 14.7. The van der Waals surface area contributed by atoms with E-state index in [1.807, 2.05) is 30.3 Å². The second-order valence-corrected chi connectivity index (χ2v) is 5.58. The molecule has 0 aromatic heterocycles. The van der Waals surface area contributed by atoms with Crippen LogP contribution in [0.5, 0.6) is 0 Å². The van der Waals surface area contributed by atoms with Crippen molar-refractivity contribution < 1.29 is 8.78 Å². The molecule has 3 rings (SSSR count). The SMILES string of the molecule is CCc1cccc(C2=CC=CCC2(F)c2cccc(F)c2)c1. The van der Waals surface area contributed by atoms with E-state index < -0.39 is 11.5 Å². The van der Waals surface area contributed by atoms with E-state index in [0.29, 0.717) is 11.1 Å². The van der Waals surface area contributed by atoms with Crippen LogP contribution >= 0.6 is 0 Å². The Balaban J connectivity index is 2.11. The highest BCUT2D eigenvalue weighted by Crippen LogP contribution is 2.45. The average molecular weight is 296 g/mol. The maximum atomic E-state index is 15.8. The highest BCUT2D eigenvalue weighted by atomic mass is 19.1. The standard InChI is InChI=1S/C20H18F2/c1-2-15-7-5-8-16(13-15)19-11-3-4-12-20(19,22)17-9-6-10-18(21)14-17/h3-11,13-14H,2,12H2,1H3. The van der Waals surface area contributed by atoms with Gasteiger partial charge in [-0.3, -0.25) is 0 Å². The van der Waals surface area contributed by atoms with E-state index in [1.54, 1.807) is 24.3 Å². The van der Waals surface area contributed by atoms with E-state index in [-0.39, 0.29) is 6.42 Å². The average Bonchev–Trinajstić information content (AvgIpc) is 2.55. The van der Waals surface area contributed by atoms with Gasteiger partial charge in [-0.1, -0.05) is 61.5 Å². The van der Waals surface area contributed by atoms with Crippen LogP contribution in [0.3, 0.4) is 0 Å². The molecule has 2 heteroatoms. The molecule has 0 N–H and O–H groups in total. The molecule has 0 radical (unpaired) electrons. The lowest BCUT2D eigenvalue weighted by atomic mass is 9.78. The summed E-state index contributed by atoms with van der Waals surface area (Å²) in [5.74, 6) is -0.411. The van der Waals surface area contributed by atoms with Crippen molar-refractivity contribution in [2.45, 2.75) is 25.4 Å². The summed E-state index contributed by atoms with van der Waals surface area (Å²) in [6.45, 7) is 2.07. The summed E-state index contributed by atoms with van der Waals surface area (Å²) in [5.41, 5.74) is 1.29. The van der Waals surface area contributed by atoms with Crippen LogP contribution in [0.4, 0.5) is 8.78 Å². The van der Waals surface area contributed by atoms with Crippen molar-refractivity contribution in [1.29, 1.82) is 0 Å². The number of halogens is 2.